The van der Waals surface area contributed by atoms with Crippen molar-refractivity contribution in [3.63, 3.8) is 0 Å². The summed E-state index contributed by atoms with van der Waals surface area (Å²) in [5.74, 6) is -1.56. The molecule has 2 N–H and O–H groups in total. The summed E-state index contributed by atoms with van der Waals surface area (Å²) in [7, 11) is -3.91. The molecular weight excluding hydrogens is 310 g/mol. The third-order valence-corrected chi connectivity index (χ3v) is 5.06. The molecule has 2 heterocycles. The Morgan fingerprint density at radius 1 is 1.45 bits per heavy atom. The molecule has 0 aliphatic carbocycles. The van der Waals surface area contributed by atoms with Gasteiger partial charge in [-0.1, -0.05) is 13.8 Å². The van der Waals surface area contributed by atoms with E-state index in [1.54, 1.807) is 18.5 Å². The van der Waals surface area contributed by atoms with Crippen LogP contribution in [0.4, 0.5) is 0 Å². The predicted molar refractivity (Wildman–Crippen MR) is 77.9 cm³/mol. The summed E-state index contributed by atoms with van der Waals surface area (Å²) in [6, 6.07) is -1.06. The first kappa shape index (κ1) is 16.9. The summed E-state index contributed by atoms with van der Waals surface area (Å²) in [4.78, 5) is 11.1. The van der Waals surface area contributed by atoms with E-state index in [2.05, 4.69) is 9.82 Å². The van der Waals surface area contributed by atoms with Crippen LogP contribution in [0.3, 0.4) is 0 Å². The molecule has 1 saturated heterocycles. The van der Waals surface area contributed by atoms with Gasteiger partial charge in [-0.25, -0.2) is 8.42 Å². The minimum Gasteiger partial charge on any atom is -0.480 e. The van der Waals surface area contributed by atoms with E-state index < -0.39 is 22.0 Å². The first-order valence-corrected chi connectivity index (χ1v) is 8.66. The van der Waals surface area contributed by atoms with Crippen LogP contribution in [-0.4, -0.2) is 48.5 Å². The fourth-order valence-corrected chi connectivity index (χ4v) is 3.59. The van der Waals surface area contributed by atoms with Crippen molar-refractivity contribution in [1.82, 2.24) is 14.5 Å². The molecule has 2 rings (SSSR count). The normalized spacial score (nSPS) is 18.5. The van der Waals surface area contributed by atoms with Crippen LogP contribution < -0.4 is 4.72 Å². The van der Waals surface area contributed by atoms with E-state index in [1.165, 1.54) is 12.4 Å². The number of carboxylic acid groups (broad SMARTS) is 1. The molecule has 0 spiro atoms. The number of hydrogen-bond donors (Lipinski definition) is 2. The Hall–Kier alpha value is -1.45. The lowest BCUT2D eigenvalue weighted by Gasteiger charge is -2.22. The molecule has 0 amide bonds. The Morgan fingerprint density at radius 3 is 2.64 bits per heavy atom. The zero-order chi connectivity index (χ0) is 16.3. The lowest BCUT2D eigenvalue weighted by molar-refractivity contribution is -0.140. The minimum atomic E-state index is -3.91. The van der Waals surface area contributed by atoms with Crippen molar-refractivity contribution in [3.05, 3.63) is 12.4 Å². The zero-order valence-corrected chi connectivity index (χ0v) is 13.4. The van der Waals surface area contributed by atoms with Gasteiger partial charge in [-0.2, -0.15) is 9.82 Å². The first-order valence-electron chi connectivity index (χ1n) is 7.18. The Bertz CT molecular complexity index is 619. The van der Waals surface area contributed by atoms with Crippen molar-refractivity contribution in [3.8, 4) is 0 Å². The Balaban J connectivity index is 2.15. The van der Waals surface area contributed by atoms with Crippen molar-refractivity contribution in [2.75, 3.05) is 13.2 Å². The van der Waals surface area contributed by atoms with E-state index in [-0.39, 0.29) is 16.9 Å². The number of nitrogens with zero attached hydrogens (tertiary/aromatic N) is 2. The number of carboxylic acids is 1. The number of sulfonamides is 1. The van der Waals surface area contributed by atoms with Gasteiger partial charge in [-0.05, 0) is 18.8 Å². The van der Waals surface area contributed by atoms with Gasteiger partial charge in [0.2, 0.25) is 10.0 Å². The van der Waals surface area contributed by atoms with E-state index >= 15 is 0 Å². The molecule has 1 atom stereocenters. The Labute approximate surface area is 129 Å². The fourth-order valence-electron chi connectivity index (χ4n) is 2.32. The summed E-state index contributed by atoms with van der Waals surface area (Å²) < 4.78 is 33.7. The van der Waals surface area contributed by atoms with Crippen molar-refractivity contribution < 1.29 is 23.1 Å². The first-order chi connectivity index (χ1) is 10.3. The molecule has 0 radical (unpaired) electrons. The second-order valence-corrected chi connectivity index (χ2v) is 7.39. The second kappa shape index (κ2) is 6.76. The van der Waals surface area contributed by atoms with Crippen LogP contribution in [0.25, 0.3) is 0 Å². The van der Waals surface area contributed by atoms with E-state index in [0.717, 1.165) is 12.8 Å². The van der Waals surface area contributed by atoms with Gasteiger partial charge in [0.15, 0.2) is 0 Å². The molecule has 124 valence electrons. The van der Waals surface area contributed by atoms with Crippen LogP contribution in [0.5, 0.6) is 0 Å². The maximum Gasteiger partial charge on any atom is 0.322 e. The molecule has 0 bridgehead atoms. The minimum absolute atomic E-state index is 0.0223. The molecule has 1 aromatic rings. The maximum atomic E-state index is 12.3. The smallest absolute Gasteiger partial charge is 0.322 e. The quantitative estimate of drug-likeness (QED) is 0.791. The summed E-state index contributed by atoms with van der Waals surface area (Å²) in [6.45, 7) is 4.54. The van der Waals surface area contributed by atoms with Gasteiger partial charge in [0, 0.05) is 19.4 Å². The average Bonchev–Trinajstić information content (AvgIpc) is 2.96. The standard InChI is InChI=1S/C13H21N3O5S/c1-9(2)12(13(17)18)15-22(19,20)11-7-14-16(8-11)10-3-5-21-6-4-10/h7-10,12,15H,3-6H2,1-2H3,(H,17,18). The molecule has 1 unspecified atom stereocenters. The third-order valence-electron chi connectivity index (χ3n) is 3.67. The van der Waals surface area contributed by atoms with Gasteiger partial charge in [-0.15, -0.1) is 0 Å². The molecule has 22 heavy (non-hydrogen) atoms. The highest BCUT2D eigenvalue weighted by Gasteiger charge is 2.29. The highest BCUT2D eigenvalue weighted by molar-refractivity contribution is 7.89. The van der Waals surface area contributed by atoms with Crippen LogP contribution in [0.2, 0.25) is 0 Å². The summed E-state index contributed by atoms with van der Waals surface area (Å²) in [5, 5.41) is 13.2. The molecule has 8 nitrogen and oxygen atoms in total. The average molecular weight is 331 g/mol. The largest absolute Gasteiger partial charge is 0.480 e. The van der Waals surface area contributed by atoms with E-state index in [4.69, 9.17) is 9.84 Å². The van der Waals surface area contributed by atoms with Crippen LogP contribution in [0, 0.1) is 5.92 Å². The van der Waals surface area contributed by atoms with Crippen LogP contribution >= 0.6 is 0 Å². The SMILES string of the molecule is CC(C)C(NS(=O)(=O)c1cnn(C2CCOCC2)c1)C(=O)O. The molecule has 0 saturated carbocycles. The van der Waals surface area contributed by atoms with Crippen LogP contribution in [0.1, 0.15) is 32.7 Å². The second-order valence-electron chi connectivity index (χ2n) is 5.68. The number of aromatic nitrogens is 2. The number of nitrogens with one attached hydrogen (secondary N) is 1. The van der Waals surface area contributed by atoms with Crippen LogP contribution in [-0.2, 0) is 19.6 Å². The summed E-state index contributed by atoms with van der Waals surface area (Å²) in [5.41, 5.74) is 0. The molecular formula is C13H21N3O5S. The monoisotopic (exact) mass is 331 g/mol. The number of aliphatic carboxylic acids is 1. The van der Waals surface area contributed by atoms with E-state index in [1.807, 2.05) is 0 Å². The van der Waals surface area contributed by atoms with Crippen molar-refractivity contribution >= 4 is 16.0 Å². The fraction of sp³-hybridized carbons (Fsp3) is 0.692. The van der Waals surface area contributed by atoms with Crippen LogP contribution in [0.15, 0.2) is 17.3 Å². The number of rotatable bonds is 6. The third kappa shape index (κ3) is 3.84. The zero-order valence-electron chi connectivity index (χ0n) is 12.6. The van der Waals surface area contributed by atoms with Gasteiger partial charge in [-0.3, -0.25) is 9.48 Å². The van der Waals surface area contributed by atoms with Gasteiger partial charge in [0.05, 0.1) is 12.2 Å². The maximum absolute atomic E-state index is 12.3. The highest BCUT2D eigenvalue weighted by Crippen LogP contribution is 2.21. The number of ether oxygens (including phenoxy) is 1. The molecule has 0 aromatic carbocycles. The lowest BCUT2D eigenvalue weighted by Crippen LogP contribution is -2.44. The number of hydrogen-bond acceptors (Lipinski definition) is 5. The van der Waals surface area contributed by atoms with Gasteiger partial charge in [0.25, 0.3) is 0 Å². The number of carbonyl (C=O) groups is 1. The van der Waals surface area contributed by atoms with E-state index in [0.29, 0.717) is 13.2 Å². The molecule has 1 fully saturated rings. The van der Waals surface area contributed by atoms with Crippen molar-refractivity contribution in [2.24, 2.45) is 5.92 Å². The van der Waals surface area contributed by atoms with Gasteiger partial charge >= 0.3 is 5.97 Å². The molecule has 9 heteroatoms. The molecule has 1 aromatic heterocycles. The van der Waals surface area contributed by atoms with Gasteiger partial charge < -0.3 is 9.84 Å². The molecule has 1 aliphatic heterocycles. The van der Waals surface area contributed by atoms with E-state index in [9.17, 15) is 13.2 Å². The topological polar surface area (TPSA) is 111 Å². The van der Waals surface area contributed by atoms with Gasteiger partial charge in [0.1, 0.15) is 10.9 Å². The summed E-state index contributed by atoms with van der Waals surface area (Å²) >= 11 is 0. The molecule has 1 aliphatic rings. The highest BCUT2D eigenvalue weighted by atomic mass is 32.2. The van der Waals surface area contributed by atoms with Crippen molar-refractivity contribution in [2.45, 2.75) is 43.7 Å². The Morgan fingerprint density at radius 2 is 2.09 bits per heavy atom. The predicted octanol–water partition coefficient (Wildman–Crippen LogP) is 0.622. The summed E-state index contributed by atoms with van der Waals surface area (Å²) in [6.07, 6.45) is 4.24. The lowest BCUT2D eigenvalue weighted by atomic mass is 10.1. The Kier molecular flexibility index (Phi) is 5.20. The van der Waals surface area contributed by atoms with Crippen molar-refractivity contribution in [1.29, 1.82) is 0 Å².